The first-order chi connectivity index (χ1) is 10.9. The summed E-state index contributed by atoms with van der Waals surface area (Å²) in [5, 5.41) is 15.5. The predicted molar refractivity (Wildman–Crippen MR) is 89.4 cm³/mol. The summed E-state index contributed by atoms with van der Waals surface area (Å²) in [6.07, 6.45) is 1.39. The topological polar surface area (TPSA) is 84.6 Å². The molecule has 0 aliphatic carbocycles. The average Bonchev–Trinajstić information content (AvgIpc) is 2.50. The molecule has 1 N–H and O–H groups in total. The number of hydrogen-bond acceptors (Lipinski definition) is 4. The van der Waals surface area contributed by atoms with Crippen LogP contribution in [-0.2, 0) is 0 Å². The molecule has 0 atom stereocenters. The second-order valence-corrected chi connectivity index (χ2v) is 5.45. The van der Waals surface area contributed by atoms with E-state index in [2.05, 4.69) is 10.5 Å². The molecule has 2 rings (SSSR count). The highest BCUT2D eigenvalue weighted by Crippen LogP contribution is 2.22. The number of amides is 1. The van der Waals surface area contributed by atoms with Crippen LogP contribution in [0.1, 0.15) is 21.5 Å². The highest BCUT2D eigenvalue weighted by Gasteiger charge is 2.14. The van der Waals surface area contributed by atoms with Gasteiger partial charge in [0.05, 0.1) is 21.2 Å². The van der Waals surface area contributed by atoms with Crippen LogP contribution in [0.5, 0.6) is 0 Å². The Morgan fingerprint density at radius 2 is 1.96 bits per heavy atom. The highest BCUT2D eigenvalue weighted by atomic mass is 35.5. The summed E-state index contributed by atoms with van der Waals surface area (Å²) < 4.78 is 0. The molecule has 2 aromatic carbocycles. The molecule has 0 spiro atoms. The molecule has 0 bridgehead atoms. The molecule has 0 aliphatic heterocycles. The summed E-state index contributed by atoms with van der Waals surface area (Å²) in [4.78, 5) is 22.3. The molecule has 0 saturated carbocycles. The molecular formula is C15H11Cl2N3O3. The van der Waals surface area contributed by atoms with Crippen LogP contribution >= 0.6 is 23.2 Å². The fourth-order valence-corrected chi connectivity index (χ4v) is 2.08. The van der Waals surface area contributed by atoms with Crippen molar-refractivity contribution in [1.82, 2.24) is 5.43 Å². The lowest BCUT2D eigenvalue weighted by Gasteiger charge is -2.02. The molecule has 0 fully saturated rings. The fourth-order valence-electron chi connectivity index (χ4n) is 1.77. The van der Waals surface area contributed by atoms with E-state index < -0.39 is 10.8 Å². The van der Waals surface area contributed by atoms with Gasteiger partial charge in [-0.05, 0) is 30.7 Å². The first-order valence-corrected chi connectivity index (χ1v) is 7.17. The van der Waals surface area contributed by atoms with Gasteiger partial charge in [0.2, 0.25) is 0 Å². The van der Waals surface area contributed by atoms with Gasteiger partial charge in [0.1, 0.15) is 0 Å². The van der Waals surface area contributed by atoms with E-state index in [1.807, 2.05) is 0 Å². The van der Waals surface area contributed by atoms with E-state index in [0.29, 0.717) is 21.2 Å². The zero-order chi connectivity index (χ0) is 17.0. The number of hydrogen-bond donors (Lipinski definition) is 1. The minimum absolute atomic E-state index is 0.119. The van der Waals surface area contributed by atoms with Crippen molar-refractivity contribution < 1.29 is 9.72 Å². The van der Waals surface area contributed by atoms with Gasteiger partial charge in [-0.3, -0.25) is 14.9 Å². The van der Waals surface area contributed by atoms with E-state index in [9.17, 15) is 14.9 Å². The lowest BCUT2D eigenvalue weighted by Crippen LogP contribution is -2.17. The number of benzene rings is 2. The molecule has 0 aliphatic rings. The van der Waals surface area contributed by atoms with Gasteiger partial charge in [-0.15, -0.1) is 0 Å². The van der Waals surface area contributed by atoms with Crippen LogP contribution in [-0.4, -0.2) is 17.0 Å². The molecule has 6 nitrogen and oxygen atoms in total. The van der Waals surface area contributed by atoms with Gasteiger partial charge in [0.25, 0.3) is 11.6 Å². The number of nitrogens with zero attached hydrogens (tertiary/aromatic N) is 2. The van der Waals surface area contributed by atoms with Crippen molar-refractivity contribution in [2.45, 2.75) is 6.92 Å². The quantitative estimate of drug-likeness (QED) is 0.513. The van der Waals surface area contributed by atoms with Crippen LogP contribution in [0.4, 0.5) is 5.69 Å². The van der Waals surface area contributed by atoms with E-state index in [-0.39, 0.29) is 11.3 Å². The number of hydrazone groups is 1. The number of carbonyl (C=O) groups excluding carboxylic acids is 1. The van der Waals surface area contributed by atoms with Gasteiger partial charge in [0.15, 0.2) is 0 Å². The van der Waals surface area contributed by atoms with E-state index in [0.717, 1.165) is 0 Å². The number of halogens is 2. The Hall–Kier alpha value is -2.44. The van der Waals surface area contributed by atoms with Crippen molar-refractivity contribution in [3.05, 3.63) is 73.2 Å². The maximum absolute atomic E-state index is 11.9. The molecule has 0 unspecified atom stereocenters. The zero-order valence-electron chi connectivity index (χ0n) is 11.9. The van der Waals surface area contributed by atoms with Gasteiger partial charge >= 0.3 is 0 Å². The Balaban J connectivity index is 2.10. The normalized spacial score (nSPS) is 10.7. The zero-order valence-corrected chi connectivity index (χ0v) is 13.4. The summed E-state index contributed by atoms with van der Waals surface area (Å²) in [7, 11) is 0. The van der Waals surface area contributed by atoms with Crippen molar-refractivity contribution in [3.8, 4) is 0 Å². The third-order valence-corrected chi connectivity index (χ3v) is 3.73. The van der Waals surface area contributed by atoms with Gasteiger partial charge < -0.3 is 0 Å². The van der Waals surface area contributed by atoms with Gasteiger partial charge in [-0.1, -0.05) is 35.3 Å². The number of aryl methyl sites for hydroxylation is 1. The van der Waals surface area contributed by atoms with Crippen molar-refractivity contribution in [2.75, 3.05) is 0 Å². The Morgan fingerprint density at radius 3 is 2.61 bits per heavy atom. The Labute approximate surface area is 141 Å². The average molecular weight is 352 g/mol. The summed E-state index contributed by atoms with van der Waals surface area (Å²) >= 11 is 11.7. The number of nitro benzene ring substituents is 1. The van der Waals surface area contributed by atoms with Gasteiger partial charge in [-0.25, -0.2) is 5.43 Å². The largest absolute Gasteiger partial charge is 0.273 e. The first-order valence-electron chi connectivity index (χ1n) is 6.42. The summed E-state index contributed by atoms with van der Waals surface area (Å²) in [6, 6.07) is 9.09. The van der Waals surface area contributed by atoms with Crippen LogP contribution in [0.15, 0.2) is 41.5 Å². The third-order valence-electron chi connectivity index (χ3n) is 2.99. The highest BCUT2D eigenvalue weighted by molar-refractivity contribution is 6.42. The minimum Gasteiger partial charge on any atom is -0.267 e. The summed E-state index contributed by atoms with van der Waals surface area (Å²) in [6.45, 7) is 1.60. The van der Waals surface area contributed by atoms with Crippen LogP contribution in [0.3, 0.4) is 0 Å². The van der Waals surface area contributed by atoms with E-state index >= 15 is 0 Å². The monoisotopic (exact) mass is 351 g/mol. The molecule has 1 amide bonds. The van der Waals surface area contributed by atoms with Crippen molar-refractivity contribution in [3.63, 3.8) is 0 Å². The SMILES string of the molecule is Cc1ccc(C(=O)NN=Cc2ccc(Cl)c(Cl)c2)cc1[N+](=O)[O-]. The second kappa shape index (κ2) is 7.21. The smallest absolute Gasteiger partial charge is 0.267 e. The summed E-state index contributed by atoms with van der Waals surface area (Å²) in [5.41, 5.74) is 3.45. The minimum atomic E-state index is -0.551. The maximum Gasteiger partial charge on any atom is 0.273 e. The van der Waals surface area contributed by atoms with Crippen LogP contribution in [0, 0.1) is 17.0 Å². The number of nitrogens with one attached hydrogen (secondary N) is 1. The molecule has 0 heterocycles. The van der Waals surface area contributed by atoms with Crippen molar-refractivity contribution >= 4 is 41.0 Å². The number of carbonyl (C=O) groups is 1. The van der Waals surface area contributed by atoms with Crippen LogP contribution in [0.2, 0.25) is 10.0 Å². The van der Waals surface area contributed by atoms with Crippen LogP contribution < -0.4 is 5.43 Å². The second-order valence-electron chi connectivity index (χ2n) is 4.63. The number of rotatable bonds is 4. The molecule has 23 heavy (non-hydrogen) atoms. The number of nitro groups is 1. The fraction of sp³-hybridized carbons (Fsp3) is 0.0667. The summed E-state index contributed by atoms with van der Waals surface area (Å²) in [5.74, 6) is -0.551. The lowest BCUT2D eigenvalue weighted by atomic mass is 10.1. The van der Waals surface area contributed by atoms with Crippen LogP contribution in [0.25, 0.3) is 0 Å². The Kier molecular flexibility index (Phi) is 5.31. The molecule has 118 valence electrons. The Bertz CT molecular complexity index is 807. The van der Waals surface area contributed by atoms with Crippen molar-refractivity contribution in [2.24, 2.45) is 5.10 Å². The van der Waals surface area contributed by atoms with Crippen molar-refractivity contribution in [1.29, 1.82) is 0 Å². The van der Waals surface area contributed by atoms with Gasteiger partial charge in [-0.2, -0.15) is 5.10 Å². The first kappa shape index (κ1) is 16.9. The molecule has 0 aromatic heterocycles. The molecule has 0 saturated heterocycles. The standard InChI is InChI=1S/C15H11Cl2N3O3/c1-9-2-4-11(7-14(9)20(22)23)15(21)19-18-8-10-3-5-12(16)13(17)6-10/h2-8H,1H3,(H,19,21). The Morgan fingerprint density at radius 1 is 1.22 bits per heavy atom. The van der Waals surface area contributed by atoms with E-state index in [1.165, 1.54) is 24.4 Å². The lowest BCUT2D eigenvalue weighted by molar-refractivity contribution is -0.385. The predicted octanol–water partition coefficient (Wildman–Crippen LogP) is 3.97. The van der Waals surface area contributed by atoms with E-state index in [4.69, 9.17) is 23.2 Å². The molecular weight excluding hydrogens is 341 g/mol. The third kappa shape index (κ3) is 4.28. The molecule has 0 radical (unpaired) electrons. The van der Waals surface area contributed by atoms with Gasteiger partial charge in [0, 0.05) is 17.2 Å². The maximum atomic E-state index is 11.9. The molecule has 8 heteroatoms. The van der Waals surface area contributed by atoms with E-state index in [1.54, 1.807) is 25.1 Å². The molecule has 2 aromatic rings.